The first-order valence-electron chi connectivity index (χ1n) is 6.33. The van der Waals surface area contributed by atoms with Crippen LogP contribution in [0.1, 0.15) is 12.1 Å². The Labute approximate surface area is 121 Å². The fraction of sp³-hybridized carbons (Fsp3) is 0.286. The summed E-state index contributed by atoms with van der Waals surface area (Å²) in [5.74, 6) is 0.884. The summed E-state index contributed by atoms with van der Waals surface area (Å²) in [7, 11) is 0. The molecule has 3 nitrogen and oxygen atoms in total. The Balaban J connectivity index is 1.64. The van der Waals surface area contributed by atoms with Gasteiger partial charge >= 0.3 is 0 Å². The molecule has 19 heavy (non-hydrogen) atoms. The minimum absolute atomic E-state index is 0.884. The molecule has 3 rings (SSSR count). The quantitative estimate of drug-likeness (QED) is 0.941. The van der Waals surface area contributed by atoms with E-state index >= 15 is 0 Å². The van der Waals surface area contributed by atoms with Gasteiger partial charge in [0.15, 0.2) is 5.17 Å². The first-order valence-corrected chi connectivity index (χ1v) is 8.19. The summed E-state index contributed by atoms with van der Waals surface area (Å²) in [6.07, 6.45) is 1.14. The molecule has 0 saturated carbocycles. The lowest BCUT2D eigenvalue weighted by Crippen LogP contribution is -2.26. The van der Waals surface area contributed by atoms with Crippen LogP contribution in [0.4, 0.5) is 0 Å². The molecule has 0 radical (unpaired) electrons. The normalized spacial score (nSPS) is 14.8. The van der Waals surface area contributed by atoms with Crippen LogP contribution in [0, 0.1) is 0 Å². The molecule has 2 heterocycles. The van der Waals surface area contributed by atoms with Crippen molar-refractivity contribution in [3.63, 3.8) is 0 Å². The largest absolute Gasteiger partial charge is 0.365 e. The molecule has 1 N–H and O–H groups in total. The summed E-state index contributed by atoms with van der Waals surface area (Å²) in [5, 5.41) is 7.60. The van der Waals surface area contributed by atoms with E-state index < -0.39 is 0 Å². The molecule has 0 bridgehead atoms. The van der Waals surface area contributed by atoms with Gasteiger partial charge in [-0.3, -0.25) is 4.99 Å². The van der Waals surface area contributed by atoms with Crippen molar-refractivity contribution in [1.29, 1.82) is 0 Å². The van der Waals surface area contributed by atoms with Crippen LogP contribution in [-0.2, 0) is 5.75 Å². The highest BCUT2D eigenvalue weighted by atomic mass is 32.2. The minimum atomic E-state index is 0.884. The van der Waals surface area contributed by atoms with Crippen LogP contribution < -0.4 is 5.32 Å². The van der Waals surface area contributed by atoms with Gasteiger partial charge in [-0.05, 0) is 6.42 Å². The van der Waals surface area contributed by atoms with Gasteiger partial charge in [-0.15, -0.1) is 11.3 Å². The number of nitrogens with one attached hydrogen (secondary N) is 1. The Hall–Kier alpha value is -1.33. The molecule has 1 aromatic carbocycles. The van der Waals surface area contributed by atoms with Gasteiger partial charge in [0, 0.05) is 29.8 Å². The summed E-state index contributed by atoms with van der Waals surface area (Å²) in [5.41, 5.74) is 2.32. The fourth-order valence-electron chi connectivity index (χ4n) is 1.84. The number of aromatic nitrogens is 1. The van der Waals surface area contributed by atoms with Crippen molar-refractivity contribution in [1.82, 2.24) is 10.3 Å². The molecule has 0 spiro atoms. The lowest BCUT2D eigenvalue weighted by atomic mass is 10.2. The van der Waals surface area contributed by atoms with Crippen molar-refractivity contribution in [2.75, 3.05) is 13.1 Å². The van der Waals surface area contributed by atoms with E-state index in [0.29, 0.717) is 0 Å². The van der Waals surface area contributed by atoms with Crippen molar-refractivity contribution in [3.05, 3.63) is 41.4 Å². The van der Waals surface area contributed by atoms with Crippen LogP contribution in [0.25, 0.3) is 10.6 Å². The van der Waals surface area contributed by atoms with E-state index in [0.717, 1.165) is 41.1 Å². The number of aliphatic imine (C=N–C) groups is 1. The van der Waals surface area contributed by atoms with Crippen LogP contribution >= 0.6 is 23.1 Å². The molecule has 0 fully saturated rings. The summed E-state index contributed by atoms with van der Waals surface area (Å²) in [6.45, 7) is 1.99. The number of thioether (sulfide) groups is 1. The zero-order chi connectivity index (χ0) is 12.9. The van der Waals surface area contributed by atoms with Crippen LogP contribution in [0.3, 0.4) is 0 Å². The third-order valence-electron chi connectivity index (χ3n) is 2.80. The standard InChI is InChI=1S/C14H15N3S2/c1-2-5-11(6-3-1)13-17-12(9-18-13)10-19-14-15-7-4-8-16-14/h1-3,5-6,9H,4,7-8,10H2,(H,15,16). The summed E-state index contributed by atoms with van der Waals surface area (Å²) in [4.78, 5) is 9.13. The number of rotatable bonds is 3. The van der Waals surface area contributed by atoms with Crippen LogP contribution in [0.15, 0.2) is 40.7 Å². The maximum absolute atomic E-state index is 4.68. The average molecular weight is 289 g/mol. The molecule has 0 amide bonds. The third-order valence-corrected chi connectivity index (χ3v) is 4.72. The number of thiazole rings is 1. The molecular weight excluding hydrogens is 274 g/mol. The van der Waals surface area contributed by atoms with Crippen LogP contribution in [0.5, 0.6) is 0 Å². The topological polar surface area (TPSA) is 37.3 Å². The van der Waals surface area contributed by atoms with E-state index in [-0.39, 0.29) is 0 Å². The lowest BCUT2D eigenvalue weighted by Gasteiger charge is -2.12. The molecule has 1 aliphatic heterocycles. The highest BCUT2D eigenvalue weighted by Crippen LogP contribution is 2.25. The summed E-state index contributed by atoms with van der Waals surface area (Å²) >= 11 is 3.45. The highest BCUT2D eigenvalue weighted by Gasteiger charge is 2.08. The van der Waals surface area contributed by atoms with Crippen molar-refractivity contribution in [2.24, 2.45) is 4.99 Å². The Morgan fingerprint density at radius 1 is 1.26 bits per heavy atom. The van der Waals surface area contributed by atoms with E-state index in [4.69, 9.17) is 0 Å². The van der Waals surface area contributed by atoms with E-state index in [1.165, 1.54) is 5.56 Å². The maximum atomic E-state index is 4.68. The molecule has 5 heteroatoms. The predicted molar refractivity (Wildman–Crippen MR) is 83.8 cm³/mol. The van der Waals surface area contributed by atoms with Gasteiger partial charge in [0.2, 0.25) is 0 Å². The first-order chi connectivity index (χ1) is 9.42. The molecule has 0 aliphatic carbocycles. The maximum Gasteiger partial charge on any atom is 0.156 e. The number of benzene rings is 1. The first kappa shape index (κ1) is 12.7. The van der Waals surface area contributed by atoms with Gasteiger partial charge in [0.25, 0.3) is 0 Å². The highest BCUT2D eigenvalue weighted by molar-refractivity contribution is 8.13. The van der Waals surface area contributed by atoms with E-state index in [1.807, 2.05) is 18.2 Å². The SMILES string of the molecule is c1ccc(-c2nc(CSC3=NCCCN3)cs2)cc1. The van der Waals surface area contributed by atoms with Crippen LogP contribution in [0.2, 0.25) is 0 Å². The Morgan fingerprint density at radius 3 is 2.95 bits per heavy atom. The second-order valence-electron chi connectivity index (χ2n) is 4.27. The van der Waals surface area contributed by atoms with Gasteiger partial charge in [0.1, 0.15) is 5.01 Å². The number of hydrogen-bond donors (Lipinski definition) is 1. The number of amidine groups is 1. The summed E-state index contributed by atoms with van der Waals surface area (Å²) in [6, 6.07) is 10.3. The number of nitrogens with zero attached hydrogens (tertiary/aromatic N) is 2. The van der Waals surface area contributed by atoms with Gasteiger partial charge in [-0.25, -0.2) is 4.98 Å². The van der Waals surface area contributed by atoms with E-state index in [9.17, 15) is 0 Å². The van der Waals surface area contributed by atoms with E-state index in [2.05, 4.69) is 32.8 Å². The summed E-state index contributed by atoms with van der Waals surface area (Å²) < 4.78 is 0. The second kappa shape index (κ2) is 6.21. The smallest absolute Gasteiger partial charge is 0.156 e. The average Bonchev–Trinajstić information content (AvgIpc) is 2.96. The van der Waals surface area contributed by atoms with Crippen molar-refractivity contribution >= 4 is 28.3 Å². The Morgan fingerprint density at radius 2 is 2.16 bits per heavy atom. The van der Waals surface area contributed by atoms with E-state index in [1.54, 1.807) is 23.1 Å². The molecule has 0 unspecified atom stereocenters. The van der Waals surface area contributed by atoms with Crippen molar-refractivity contribution in [3.8, 4) is 10.6 Å². The second-order valence-corrected chi connectivity index (χ2v) is 6.09. The Bertz CT molecular complexity index is 563. The number of hydrogen-bond acceptors (Lipinski definition) is 5. The van der Waals surface area contributed by atoms with Crippen LogP contribution in [-0.4, -0.2) is 23.2 Å². The van der Waals surface area contributed by atoms with Gasteiger partial charge in [-0.2, -0.15) is 0 Å². The van der Waals surface area contributed by atoms with Gasteiger partial charge in [0.05, 0.1) is 5.69 Å². The van der Waals surface area contributed by atoms with Gasteiger partial charge < -0.3 is 5.32 Å². The fourth-order valence-corrected chi connectivity index (χ4v) is 3.59. The molecular formula is C14H15N3S2. The zero-order valence-electron chi connectivity index (χ0n) is 10.5. The molecule has 0 atom stereocenters. The molecule has 2 aromatic rings. The molecule has 98 valence electrons. The van der Waals surface area contributed by atoms with Crippen molar-refractivity contribution in [2.45, 2.75) is 12.2 Å². The zero-order valence-corrected chi connectivity index (χ0v) is 12.1. The molecule has 1 aromatic heterocycles. The van der Waals surface area contributed by atoms with Gasteiger partial charge in [-0.1, -0.05) is 42.1 Å². The predicted octanol–water partition coefficient (Wildman–Crippen LogP) is 3.39. The minimum Gasteiger partial charge on any atom is -0.365 e. The third kappa shape index (κ3) is 3.36. The lowest BCUT2D eigenvalue weighted by molar-refractivity contribution is 0.751. The van der Waals surface area contributed by atoms with Crippen molar-refractivity contribution < 1.29 is 0 Å². The monoisotopic (exact) mass is 289 g/mol. The Kier molecular flexibility index (Phi) is 4.15. The molecule has 0 saturated heterocycles. The molecule has 1 aliphatic rings.